The highest BCUT2D eigenvalue weighted by atomic mass is 32.2. The first-order valence-corrected chi connectivity index (χ1v) is 12.7. The summed E-state index contributed by atoms with van der Waals surface area (Å²) in [5.74, 6) is -0.226. The zero-order chi connectivity index (χ0) is 23.5. The summed E-state index contributed by atoms with van der Waals surface area (Å²) >= 11 is 0. The lowest BCUT2D eigenvalue weighted by Crippen LogP contribution is -2.40. The third-order valence-electron chi connectivity index (χ3n) is 6.09. The van der Waals surface area contributed by atoms with Crippen molar-refractivity contribution in [2.24, 2.45) is 5.10 Å². The van der Waals surface area contributed by atoms with Crippen LogP contribution in [0, 0.1) is 0 Å². The minimum atomic E-state index is -3.57. The molecule has 3 aromatic rings. The van der Waals surface area contributed by atoms with Gasteiger partial charge in [0.15, 0.2) is 0 Å². The van der Waals surface area contributed by atoms with Gasteiger partial charge in [-0.3, -0.25) is 4.79 Å². The molecule has 0 atom stereocenters. The quantitative estimate of drug-likeness (QED) is 0.434. The lowest BCUT2D eigenvalue weighted by Gasteiger charge is -2.26. The fraction of sp³-hybridized carbons (Fsp3) is 0.231. The van der Waals surface area contributed by atoms with E-state index in [-0.39, 0.29) is 17.2 Å². The van der Waals surface area contributed by atoms with Crippen LogP contribution in [0.4, 0.5) is 0 Å². The molecule has 0 radical (unpaired) electrons. The number of hydrogen-bond donors (Lipinski definition) is 1. The van der Waals surface area contributed by atoms with Crippen molar-refractivity contribution in [1.29, 1.82) is 0 Å². The van der Waals surface area contributed by atoms with E-state index in [2.05, 4.69) is 22.7 Å². The third-order valence-corrected chi connectivity index (χ3v) is 7.99. The van der Waals surface area contributed by atoms with E-state index in [9.17, 15) is 13.2 Å². The Balaban J connectivity index is 1.26. The minimum Gasteiger partial charge on any atom is -0.379 e. The first-order chi connectivity index (χ1) is 16.5. The van der Waals surface area contributed by atoms with Crippen LogP contribution in [0.1, 0.15) is 23.1 Å². The Kier molecular flexibility index (Phi) is 6.28. The Morgan fingerprint density at radius 1 is 0.882 bits per heavy atom. The van der Waals surface area contributed by atoms with Crippen LogP contribution in [0.3, 0.4) is 0 Å². The summed E-state index contributed by atoms with van der Waals surface area (Å²) in [6.07, 6.45) is 0.609. The molecule has 5 rings (SSSR count). The molecule has 1 N–H and O–H groups in total. The van der Waals surface area contributed by atoms with Crippen molar-refractivity contribution in [1.82, 2.24) is 9.73 Å². The van der Waals surface area contributed by atoms with E-state index in [1.54, 1.807) is 18.2 Å². The molecular weight excluding hydrogens is 450 g/mol. The largest absolute Gasteiger partial charge is 0.379 e. The summed E-state index contributed by atoms with van der Waals surface area (Å²) in [6.45, 7) is 1.50. The fourth-order valence-electron chi connectivity index (χ4n) is 4.34. The molecule has 0 bridgehead atoms. The molecule has 1 heterocycles. The van der Waals surface area contributed by atoms with Crippen molar-refractivity contribution in [2.75, 3.05) is 26.3 Å². The summed E-state index contributed by atoms with van der Waals surface area (Å²) in [4.78, 5) is 12.8. The number of fused-ring (bicyclic) bond motifs is 3. The Morgan fingerprint density at radius 3 is 2.15 bits per heavy atom. The Morgan fingerprint density at radius 2 is 1.50 bits per heavy atom. The van der Waals surface area contributed by atoms with Crippen molar-refractivity contribution in [3.05, 3.63) is 89.5 Å². The van der Waals surface area contributed by atoms with Gasteiger partial charge in [-0.25, -0.2) is 13.8 Å². The van der Waals surface area contributed by atoms with Gasteiger partial charge in [-0.1, -0.05) is 60.7 Å². The summed E-state index contributed by atoms with van der Waals surface area (Å²) in [5, 5.41) is 4.44. The second kappa shape index (κ2) is 9.50. The molecule has 2 aliphatic rings. The number of carbonyl (C=O) groups is 1. The number of carbonyl (C=O) groups excluding carboxylic acids is 1. The summed E-state index contributed by atoms with van der Waals surface area (Å²) in [7, 11) is -3.57. The maximum Gasteiger partial charge on any atom is 0.243 e. The van der Waals surface area contributed by atoms with Gasteiger partial charge in [-0.05, 0) is 35.2 Å². The first kappa shape index (κ1) is 22.5. The average molecular weight is 476 g/mol. The highest BCUT2D eigenvalue weighted by Crippen LogP contribution is 2.36. The topological polar surface area (TPSA) is 88.1 Å². The number of hydrogen-bond acceptors (Lipinski definition) is 5. The van der Waals surface area contributed by atoms with E-state index in [4.69, 9.17) is 4.74 Å². The predicted octanol–water partition coefficient (Wildman–Crippen LogP) is 3.19. The summed E-state index contributed by atoms with van der Waals surface area (Å²) in [6, 6.07) is 22.8. The molecule has 0 spiro atoms. The molecular formula is C26H25N3O4S. The van der Waals surface area contributed by atoms with E-state index in [1.807, 2.05) is 42.5 Å². The highest BCUT2D eigenvalue weighted by molar-refractivity contribution is 7.89. The van der Waals surface area contributed by atoms with Crippen LogP contribution in [0.2, 0.25) is 0 Å². The normalized spacial score (nSPS) is 15.5. The summed E-state index contributed by atoms with van der Waals surface area (Å²) in [5.41, 5.74) is 8.40. The van der Waals surface area contributed by atoms with Crippen LogP contribution in [-0.2, 0) is 26.0 Å². The molecule has 174 valence electrons. The molecule has 8 heteroatoms. The number of ether oxygens (including phenoxy) is 1. The third kappa shape index (κ3) is 4.40. The molecule has 0 unspecified atom stereocenters. The van der Waals surface area contributed by atoms with Crippen LogP contribution >= 0.6 is 0 Å². The molecule has 0 saturated carbocycles. The van der Waals surface area contributed by atoms with E-state index in [1.165, 1.54) is 4.31 Å². The van der Waals surface area contributed by atoms with E-state index in [0.29, 0.717) is 32.7 Å². The van der Waals surface area contributed by atoms with Gasteiger partial charge in [0.2, 0.25) is 15.9 Å². The van der Waals surface area contributed by atoms with Gasteiger partial charge in [0.05, 0.1) is 23.8 Å². The molecule has 1 aliphatic carbocycles. The second-order valence-corrected chi connectivity index (χ2v) is 10.2. The van der Waals surface area contributed by atoms with E-state index >= 15 is 0 Å². The lowest BCUT2D eigenvalue weighted by atomic mass is 10.1. The van der Waals surface area contributed by atoms with Crippen LogP contribution in [-0.4, -0.2) is 50.6 Å². The second-order valence-electron chi connectivity index (χ2n) is 8.25. The van der Waals surface area contributed by atoms with Gasteiger partial charge in [0.1, 0.15) is 0 Å². The van der Waals surface area contributed by atoms with Crippen LogP contribution < -0.4 is 5.43 Å². The van der Waals surface area contributed by atoms with E-state index in [0.717, 1.165) is 33.5 Å². The van der Waals surface area contributed by atoms with Crippen molar-refractivity contribution < 1.29 is 17.9 Å². The van der Waals surface area contributed by atoms with Crippen molar-refractivity contribution in [2.45, 2.75) is 17.7 Å². The maximum absolute atomic E-state index is 12.9. The molecule has 7 nitrogen and oxygen atoms in total. The standard InChI is InChI=1S/C26H25N3O4S/c30-25(27-28-26-23-10-3-1-8-21(23)22-9-2-4-11-24(22)26)13-12-19-6-5-7-20(18-19)34(31,32)29-14-16-33-17-15-29/h1-11,18H,12-17H2,(H,27,30). The number of amides is 1. The van der Waals surface area contributed by atoms with Crippen LogP contribution in [0.5, 0.6) is 0 Å². The molecule has 1 aliphatic heterocycles. The Labute approximate surface area is 199 Å². The monoisotopic (exact) mass is 475 g/mol. The molecule has 1 saturated heterocycles. The summed E-state index contributed by atoms with van der Waals surface area (Å²) < 4.78 is 32.5. The maximum atomic E-state index is 12.9. The number of rotatable bonds is 6. The van der Waals surface area contributed by atoms with Gasteiger partial charge in [-0.2, -0.15) is 9.41 Å². The van der Waals surface area contributed by atoms with Gasteiger partial charge in [0, 0.05) is 30.6 Å². The minimum absolute atomic E-state index is 0.196. The molecule has 1 amide bonds. The molecule has 0 aromatic heterocycles. The number of aryl methyl sites for hydroxylation is 1. The van der Waals surface area contributed by atoms with Gasteiger partial charge in [0.25, 0.3) is 0 Å². The zero-order valence-electron chi connectivity index (χ0n) is 18.6. The Hall–Kier alpha value is -3.33. The predicted molar refractivity (Wildman–Crippen MR) is 130 cm³/mol. The van der Waals surface area contributed by atoms with E-state index < -0.39 is 10.0 Å². The average Bonchev–Trinajstić information content (AvgIpc) is 3.20. The molecule has 1 fully saturated rings. The SMILES string of the molecule is O=C(CCc1cccc(S(=O)(=O)N2CCOCC2)c1)NN=C1c2ccccc2-c2ccccc21. The number of nitrogens with one attached hydrogen (secondary N) is 1. The van der Waals surface area contributed by atoms with Gasteiger partial charge >= 0.3 is 0 Å². The number of nitrogens with zero attached hydrogens (tertiary/aromatic N) is 2. The molecule has 34 heavy (non-hydrogen) atoms. The number of benzene rings is 3. The fourth-order valence-corrected chi connectivity index (χ4v) is 5.82. The lowest BCUT2D eigenvalue weighted by molar-refractivity contribution is -0.121. The number of hydrazone groups is 1. The number of morpholine rings is 1. The van der Waals surface area contributed by atoms with Crippen molar-refractivity contribution in [3.63, 3.8) is 0 Å². The highest BCUT2D eigenvalue weighted by Gasteiger charge is 2.27. The van der Waals surface area contributed by atoms with Gasteiger partial charge < -0.3 is 4.74 Å². The van der Waals surface area contributed by atoms with Crippen LogP contribution in [0.15, 0.2) is 82.8 Å². The number of sulfonamides is 1. The smallest absolute Gasteiger partial charge is 0.243 e. The van der Waals surface area contributed by atoms with Crippen molar-refractivity contribution in [3.8, 4) is 11.1 Å². The van der Waals surface area contributed by atoms with Crippen LogP contribution in [0.25, 0.3) is 11.1 Å². The zero-order valence-corrected chi connectivity index (χ0v) is 19.4. The Bertz CT molecular complexity index is 1310. The van der Waals surface area contributed by atoms with Crippen molar-refractivity contribution >= 4 is 21.6 Å². The van der Waals surface area contributed by atoms with Gasteiger partial charge in [-0.15, -0.1) is 0 Å². The molecule has 3 aromatic carbocycles. The first-order valence-electron chi connectivity index (χ1n) is 11.3.